The lowest BCUT2D eigenvalue weighted by atomic mass is 10.1. The summed E-state index contributed by atoms with van der Waals surface area (Å²) in [6.07, 6.45) is 0. The molecule has 1 heterocycles. The Labute approximate surface area is 105 Å². The van der Waals surface area contributed by atoms with Crippen molar-refractivity contribution in [3.8, 4) is 17.7 Å². The van der Waals surface area contributed by atoms with Crippen molar-refractivity contribution in [1.29, 1.82) is 0 Å². The lowest BCUT2D eigenvalue weighted by molar-refractivity contribution is -0.133. The smallest absolute Gasteiger partial charge is 0.384 e. The van der Waals surface area contributed by atoms with Crippen molar-refractivity contribution in [3.05, 3.63) is 35.9 Å². The zero-order chi connectivity index (χ0) is 13.0. The fourth-order valence-electron chi connectivity index (χ4n) is 1.47. The molecule has 0 aliphatic carbocycles. The molecule has 0 fully saturated rings. The minimum absolute atomic E-state index is 0.553. The maximum Gasteiger partial charge on any atom is 0.384 e. The van der Waals surface area contributed by atoms with Crippen molar-refractivity contribution in [1.82, 2.24) is 4.98 Å². The highest BCUT2D eigenvalue weighted by atomic mass is 16.5. The number of ether oxygens (including phenoxy) is 2. The fraction of sp³-hybridized carbons (Fsp3) is 0.143. The molecule has 0 unspecified atom stereocenters. The fourth-order valence-corrected chi connectivity index (χ4v) is 1.47. The number of nitrogens with zero attached hydrogens (tertiary/aromatic N) is 1. The summed E-state index contributed by atoms with van der Waals surface area (Å²) in [6, 6.07) is 9.16. The highest BCUT2D eigenvalue weighted by Gasteiger charge is 1.99. The van der Waals surface area contributed by atoms with Gasteiger partial charge in [0, 0.05) is 22.9 Å². The Kier molecular flexibility index (Phi) is 3.44. The third-order valence-corrected chi connectivity index (χ3v) is 2.37. The molecular weight excluding hydrogens is 230 g/mol. The lowest BCUT2D eigenvalue weighted by Crippen LogP contribution is -1.94. The predicted octanol–water partition coefficient (Wildman–Crippen LogP) is 1.77. The van der Waals surface area contributed by atoms with Gasteiger partial charge in [0.25, 0.3) is 0 Å². The molecule has 0 aliphatic heterocycles. The first kappa shape index (κ1) is 11.9. The number of methoxy groups -OCH3 is 2. The number of rotatable bonds is 1. The molecule has 0 amide bonds. The van der Waals surface area contributed by atoms with E-state index in [-0.39, 0.29) is 0 Å². The van der Waals surface area contributed by atoms with Crippen LogP contribution in [0.2, 0.25) is 0 Å². The standard InChI is InChI=1S/C14H11NO3/c1-17-13-7-5-11-9-10(3-6-12(11)15-13)4-8-14(16)18-2/h3,5-7,9H,1-2H3. The van der Waals surface area contributed by atoms with Gasteiger partial charge in [-0.2, -0.15) is 0 Å². The summed E-state index contributed by atoms with van der Waals surface area (Å²) < 4.78 is 9.49. The van der Waals surface area contributed by atoms with Crippen LogP contribution in [0.3, 0.4) is 0 Å². The highest BCUT2D eigenvalue weighted by molar-refractivity contribution is 5.89. The minimum atomic E-state index is -0.553. The predicted molar refractivity (Wildman–Crippen MR) is 67.2 cm³/mol. The van der Waals surface area contributed by atoms with E-state index in [1.165, 1.54) is 7.11 Å². The van der Waals surface area contributed by atoms with Gasteiger partial charge in [0.1, 0.15) is 0 Å². The van der Waals surface area contributed by atoms with Crippen LogP contribution >= 0.6 is 0 Å². The zero-order valence-corrected chi connectivity index (χ0v) is 10.1. The zero-order valence-electron chi connectivity index (χ0n) is 10.1. The second kappa shape index (κ2) is 5.19. The number of hydrogen-bond acceptors (Lipinski definition) is 4. The van der Waals surface area contributed by atoms with Crippen molar-refractivity contribution < 1.29 is 14.3 Å². The second-order valence-electron chi connectivity index (χ2n) is 3.50. The first-order valence-electron chi connectivity index (χ1n) is 5.27. The van der Waals surface area contributed by atoms with Crippen LogP contribution in [0.25, 0.3) is 10.9 Å². The van der Waals surface area contributed by atoms with Crippen molar-refractivity contribution in [2.45, 2.75) is 0 Å². The Hall–Kier alpha value is -2.54. The van der Waals surface area contributed by atoms with E-state index in [0.29, 0.717) is 5.88 Å². The van der Waals surface area contributed by atoms with Crippen LogP contribution in [-0.2, 0) is 9.53 Å². The normalized spacial score (nSPS) is 9.44. The van der Waals surface area contributed by atoms with E-state index in [2.05, 4.69) is 21.6 Å². The van der Waals surface area contributed by atoms with Crippen LogP contribution in [0, 0.1) is 11.8 Å². The molecule has 1 aromatic carbocycles. The minimum Gasteiger partial charge on any atom is -0.481 e. The van der Waals surface area contributed by atoms with E-state index in [4.69, 9.17) is 4.74 Å². The van der Waals surface area contributed by atoms with Crippen LogP contribution in [-0.4, -0.2) is 25.2 Å². The number of benzene rings is 1. The van der Waals surface area contributed by atoms with Crippen LogP contribution in [0.1, 0.15) is 5.56 Å². The van der Waals surface area contributed by atoms with Crippen LogP contribution in [0.4, 0.5) is 0 Å². The van der Waals surface area contributed by atoms with Crippen LogP contribution in [0.15, 0.2) is 30.3 Å². The Bertz CT molecular complexity index is 653. The molecule has 0 spiro atoms. The maximum atomic E-state index is 10.9. The number of carbonyl (C=O) groups is 1. The highest BCUT2D eigenvalue weighted by Crippen LogP contribution is 2.17. The summed E-state index contributed by atoms with van der Waals surface area (Å²) in [5, 5.41) is 0.937. The summed E-state index contributed by atoms with van der Waals surface area (Å²) in [4.78, 5) is 15.2. The Morgan fingerprint density at radius 2 is 2.06 bits per heavy atom. The van der Waals surface area contributed by atoms with E-state index in [9.17, 15) is 4.79 Å². The van der Waals surface area contributed by atoms with E-state index >= 15 is 0 Å². The van der Waals surface area contributed by atoms with Crippen LogP contribution < -0.4 is 4.74 Å². The molecule has 0 radical (unpaired) electrons. The van der Waals surface area contributed by atoms with Gasteiger partial charge in [0.15, 0.2) is 0 Å². The largest absolute Gasteiger partial charge is 0.481 e. The third-order valence-electron chi connectivity index (χ3n) is 2.37. The Morgan fingerprint density at radius 1 is 1.22 bits per heavy atom. The molecule has 1 aromatic heterocycles. The van der Waals surface area contributed by atoms with E-state index in [1.54, 1.807) is 19.2 Å². The van der Waals surface area contributed by atoms with Crippen molar-refractivity contribution in [2.75, 3.05) is 14.2 Å². The molecule has 0 aliphatic rings. The quantitative estimate of drug-likeness (QED) is 0.564. The average Bonchev–Trinajstić information content (AvgIpc) is 2.43. The molecular formula is C14H11NO3. The maximum absolute atomic E-state index is 10.9. The molecule has 90 valence electrons. The molecule has 2 aromatic rings. The number of pyridine rings is 1. The molecule has 0 N–H and O–H groups in total. The van der Waals surface area contributed by atoms with E-state index < -0.39 is 5.97 Å². The van der Waals surface area contributed by atoms with Gasteiger partial charge in [0.2, 0.25) is 5.88 Å². The number of esters is 1. The van der Waals surface area contributed by atoms with Gasteiger partial charge in [-0.25, -0.2) is 9.78 Å². The topological polar surface area (TPSA) is 48.4 Å². The SMILES string of the molecule is COC(=O)C#Cc1ccc2nc(OC)ccc2c1. The molecule has 0 atom stereocenters. The molecule has 0 bridgehead atoms. The Morgan fingerprint density at radius 3 is 2.78 bits per heavy atom. The first-order valence-corrected chi connectivity index (χ1v) is 5.27. The monoisotopic (exact) mass is 241 g/mol. The number of fused-ring (bicyclic) bond motifs is 1. The van der Waals surface area contributed by atoms with E-state index in [0.717, 1.165) is 16.5 Å². The lowest BCUT2D eigenvalue weighted by Gasteiger charge is -2.01. The summed E-state index contributed by atoms with van der Waals surface area (Å²) in [6.45, 7) is 0. The first-order chi connectivity index (χ1) is 8.72. The van der Waals surface area contributed by atoms with Gasteiger partial charge in [-0.05, 0) is 24.3 Å². The molecule has 4 heteroatoms. The molecule has 0 saturated carbocycles. The molecule has 18 heavy (non-hydrogen) atoms. The van der Waals surface area contributed by atoms with Gasteiger partial charge in [0.05, 0.1) is 19.7 Å². The van der Waals surface area contributed by atoms with Crippen LogP contribution in [0.5, 0.6) is 5.88 Å². The second-order valence-corrected chi connectivity index (χ2v) is 3.50. The average molecular weight is 241 g/mol. The van der Waals surface area contributed by atoms with Gasteiger partial charge in [-0.1, -0.05) is 5.92 Å². The molecule has 2 rings (SSSR count). The molecule has 4 nitrogen and oxygen atoms in total. The third kappa shape index (κ3) is 2.58. The summed E-state index contributed by atoms with van der Waals surface area (Å²) in [7, 11) is 2.87. The number of carbonyl (C=O) groups excluding carboxylic acids is 1. The van der Waals surface area contributed by atoms with Crippen molar-refractivity contribution >= 4 is 16.9 Å². The number of aromatic nitrogens is 1. The Balaban J connectivity index is 2.38. The van der Waals surface area contributed by atoms with E-state index in [1.807, 2.05) is 18.2 Å². The summed E-state index contributed by atoms with van der Waals surface area (Å²) in [5.41, 5.74) is 1.55. The van der Waals surface area contributed by atoms with Crippen molar-refractivity contribution in [3.63, 3.8) is 0 Å². The van der Waals surface area contributed by atoms with Crippen molar-refractivity contribution in [2.24, 2.45) is 0 Å². The van der Waals surface area contributed by atoms with Gasteiger partial charge in [-0.3, -0.25) is 0 Å². The van der Waals surface area contributed by atoms with Gasteiger partial charge in [-0.15, -0.1) is 0 Å². The van der Waals surface area contributed by atoms with Gasteiger partial charge >= 0.3 is 5.97 Å². The summed E-state index contributed by atoms with van der Waals surface area (Å²) in [5.74, 6) is 5.12. The summed E-state index contributed by atoms with van der Waals surface area (Å²) >= 11 is 0. The van der Waals surface area contributed by atoms with Gasteiger partial charge < -0.3 is 9.47 Å². The molecule has 0 saturated heterocycles. The number of hydrogen-bond donors (Lipinski definition) is 0.